The van der Waals surface area contributed by atoms with Gasteiger partial charge in [-0.15, -0.1) is 0 Å². The van der Waals surface area contributed by atoms with Crippen LogP contribution in [0, 0.1) is 5.41 Å². The van der Waals surface area contributed by atoms with Crippen molar-refractivity contribution in [3.05, 3.63) is 0 Å². The molecule has 1 saturated heterocycles. The van der Waals surface area contributed by atoms with Crippen LogP contribution in [-0.4, -0.2) is 60.0 Å². The van der Waals surface area contributed by atoms with Gasteiger partial charge in [-0.05, 0) is 32.2 Å². The molecule has 0 aromatic carbocycles. The molecule has 0 unspecified atom stereocenters. The predicted molar refractivity (Wildman–Crippen MR) is 83.5 cm³/mol. The zero-order chi connectivity index (χ0) is 15.7. The van der Waals surface area contributed by atoms with Crippen molar-refractivity contribution in [1.29, 1.82) is 0 Å². The number of piperidine rings is 1. The number of ether oxygens (including phenoxy) is 1. The number of aliphatic hydroxyl groups excluding tert-OH is 1. The molecule has 0 aromatic heterocycles. The van der Waals surface area contributed by atoms with Crippen molar-refractivity contribution >= 4 is 5.84 Å². The van der Waals surface area contributed by atoms with E-state index in [1.54, 1.807) is 0 Å². The van der Waals surface area contributed by atoms with E-state index in [-0.39, 0.29) is 12.0 Å². The minimum Gasteiger partial charge on any atom is -0.409 e. The van der Waals surface area contributed by atoms with Crippen molar-refractivity contribution in [2.75, 3.05) is 32.8 Å². The first-order valence-corrected chi connectivity index (χ1v) is 7.92. The molecular weight excluding hydrogens is 270 g/mol. The number of aliphatic hydroxyl groups is 1. The zero-order valence-electron chi connectivity index (χ0n) is 13.4. The summed E-state index contributed by atoms with van der Waals surface area (Å²) in [5, 5.41) is 20.6. The molecule has 1 fully saturated rings. The molecule has 6 heteroatoms. The standard InChI is InChI=1S/C15H31N3O3/c1-15(2,14(16)17-20)7-3-4-8-18-9-5-13(6-10-18)21-12-11-19/h13,19-20H,3-12H2,1-2H3,(H2,16,17). The van der Waals surface area contributed by atoms with Crippen LogP contribution < -0.4 is 5.73 Å². The lowest BCUT2D eigenvalue weighted by molar-refractivity contribution is -0.00792. The van der Waals surface area contributed by atoms with Crippen LogP contribution in [0.15, 0.2) is 5.16 Å². The lowest BCUT2D eigenvalue weighted by Gasteiger charge is -2.32. The summed E-state index contributed by atoms with van der Waals surface area (Å²) in [7, 11) is 0. The fraction of sp³-hybridized carbons (Fsp3) is 0.933. The van der Waals surface area contributed by atoms with Crippen LogP contribution in [0.1, 0.15) is 46.0 Å². The third-order valence-corrected chi connectivity index (χ3v) is 4.31. The molecule has 1 rings (SSSR count). The number of nitrogens with two attached hydrogens (primary N) is 1. The van der Waals surface area contributed by atoms with Gasteiger partial charge in [0.2, 0.25) is 0 Å². The number of likely N-dealkylation sites (tertiary alicyclic amines) is 1. The summed E-state index contributed by atoms with van der Waals surface area (Å²) >= 11 is 0. The fourth-order valence-electron chi connectivity index (χ4n) is 2.68. The number of hydrogen-bond donors (Lipinski definition) is 3. The maximum Gasteiger partial charge on any atom is 0.144 e. The van der Waals surface area contributed by atoms with E-state index in [1.807, 2.05) is 13.8 Å². The minimum absolute atomic E-state index is 0.107. The number of oxime groups is 1. The molecule has 0 spiro atoms. The summed E-state index contributed by atoms with van der Waals surface area (Å²) in [5.74, 6) is 0.310. The smallest absolute Gasteiger partial charge is 0.144 e. The summed E-state index contributed by atoms with van der Waals surface area (Å²) in [6.07, 6.45) is 5.55. The number of unbranched alkanes of at least 4 members (excludes halogenated alkanes) is 1. The van der Waals surface area contributed by atoms with Gasteiger partial charge >= 0.3 is 0 Å². The Hall–Kier alpha value is -0.850. The molecule has 0 radical (unpaired) electrons. The molecule has 21 heavy (non-hydrogen) atoms. The molecular formula is C15H31N3O3. The summed E-state index contributed by atoms with van der Waals surface area (Å²) in [6.45, 7) is 7.81. The highest BCUT2D eigenvalue weighted by Gasteiger charge is 2.23. The highest BCUT2D eigenvalue weighted by Crippen LogP contribution is 2.23. The Morgan fingerprint density at radius 3 is 2.57 bits per heavy atom. The predicted octanol–water partition coefficient (Wildman–Crippen LogP) is 1.40. The van der Waals surface area contributed by atoms with Gasteiger partial charge in [-0.25, -0.2) is 0 Å². The second kappa shape index (κ2) is 9.23. The topological polar surface area (TPSA) is 91.3 Å². The summed E-state index contributed by atoms with van der Waals surface area (Å²) < 4.78 is 5.56. The van der Waals surface area contributed by atoms with Crippen LogP contribution in [0.5, 0.6) is 0 Å². The largest absolute Gasteiger partial charge is 0.409 e. The average molecular weight is 301 g/mol. The van der Waals surface area contributed by atoms with E-state index < -0.39 is 0 Å². The molecule has 0 atom stereocenters. The van der Waals surface area contributed by atoms with Gasteiger partial charge in [0.25, 0.3) is 0 Å². The first-order chi connectivity index (χ1) is 9.99. The second-order valence-corrected chi connectivity index (χ2v) is 6.46. The summed E-state index contributed by atoms with van der Waals surface area (Å²) in [6, 6.07) is 0. The molecule has 0 saturated carbocycles. The summed E-state index contributed by atoms with van der Waals surface area (Å²) in [4.78, 5) is 2.47. The molecule has 6 nitrogen and oxygen atoms in total. The van der Waals surface area contributed by atoms with E-state index >= 15 is 0 Å². The Bertz CT molecular complexity index is 313. The fourth-order valence-corrected chi connectivity index (χ4v) is 2.68. The monoisotopic (exact) mass is 301 g/mol. The number of amidine groups is 1. The Morgan fingerprint density at radius 2 is 2.00 bits per heavy atom. The van der Waals surface area contributed by atoms with E-state index in [0.29, 0.717) is 18.5 Å². The van der Waals surface area contributed by atoms with Gasteiger partial charge in [0.05, 0.1) is 19.3 Å². The van der Waals surface area contributed by atoms with Crippen molar-refractivity contribution in [2.24, 2.45) is 16.3 Å². The number of hydrogen-bond acceptors (Lipinski definition) is 5. The first kappa shape index (κ1) is 18.2. The third-order valence-electron chi connectivity index (χ3n) is 4.31. The number of nitrogens with zero attached hydrogens (tertiary/aromatic N) is 2. The Morgan fingerprint density at radius 1 is 1.33 bits per heavy atom. The quantitative estimate of drug-likeness (QED) is 0.197. The van der Waals surface area contributed by atoms with Crippen molar-refractivity contribution in [3.8, 4) is 0 Å². The number of rotatable bonds is 9. The Labute approximate surface area is 127 Å². The lowest BCUT2D eigenvalue weighted by atomic mass is 9.86. The molecule has 0 aromatic rings. The SMILES string of the molecule is CC(C)(CCCCN1CCC(OCCO)CC1)C(N)=NO. The van der Waals surface area contributed by atoms with E-state index in [1.165, 1.54) is 0 Å². The van der Waals surface area contributed by atoms with Crippen LogP contribution in [0.4, 0.5) is 0 Å². The third kappa shape index (κ3) is 6.63. The van der Waals surface area contributed by atoms with Crippen LogP contribution >= 0.6 is 0 Å². The van der Waals surface area contributed by atoms with Gasteiger partial charge in [0.15, 0.2) is 0 Å². The Balaban J connectivity index is 2.12. The van der Waals surface area contributed by atoms with Gasteiger partial charge in [0, 0.05) is 18.5 Å². The second-order valence-electron chi connectivity index (χ2n) is 6.46. The molecule has 1 aliphatic heterocycles. The van der Waals surface area contributed by atoms with Gasteiger partial charge in [-0.1, -0.05) is 25.4 Å². The molecule has 0 amide bonds. The zero-order valence-corrected chi connectivity index (χ0v) is 13.4. The van der Waals surface area contributed by atoms with E-state index in [0.717, 1.165) is 51.7 Å². The molecule has 124 valence electrons. The highest BCUT2D eigenvalue weighted by molar-refractivity contribution is 5.85. The van der Waals surface area contributed by atoms with E-state index in [2.05, 4.69) is 10.1 Å². The van der Waals surface area contributed by atoms with E-state index in [4.69, 9.17) is 20.8 Å². The maximum absolute atomic E-state index is 8.75. The van der Waals surface area contributed by atoms with Crippen LogP contribution in [0.2, 0.25) is 0 Å². The highest BCUT2D eigenvalue weighted by atomic mass is 16.5. The van der Waals surface area contributed by atoms with Crippen molar-refractivity contribution < 1.29 is 15.1 Å². The van der Waals surface area contributed by atoms with E-state index in [9.17, 15) is 0 Å². The molecule has 1 aliphatic rings. The van der Waals surface area contributed by atoms with Crippen LogP contribution in [0.25, 0.3) is 0 Å². The molecule has 0 aliphatic carbocycles. The average Bonchev–Trinajstić information content (AvgIpc) is 2.49. The van der Waals surface area contributed by atoms with Crippen LogP contribution in [0.3, 0.4) is 0 Å². The summed E-state index contributed by atoms with van der Waals surface area (Å²) in [5.41, 5.74) is 5.45. The van der Waals surface area contributed by atoms with Gasteiger partial charge < -0.3 is 25.7 Å². The molecule has 1 heterocycles. The van der Waals surface area contributed by atoms with Gasteiger partial charge in [0.1, 0.15) is 5.84 Å². The van der Waals surface area contributed by atoms with Crippen molar-refractivity contribution in [3.63, 3.8) is 0 Å². The molecule has 4 N–H and O–H groups in total. The first-order valence-electron chi connectivity index (χ1n) is 7.92. The minimum atomic E-state index is -0.236. The molecule has 0 bridgehead atoms. The normalized spacial score (nSPS) is 19.1. The van der Waals surface area contributed by atoms with Crippen molar-refractivity contribution in [2.45, 2.75) is 52.1 Å². The van der Waals surface area contributed by atoms with Crippen molar-refractivity contribution in [1.82, 2.24) is 4.90 Å². The maximum atomic E-state index is 8.75. The van der Waals surface area contributed by atoms with Gasteiger partial charge in [-0.3, -0.25) is 0 Å². The van der Waals surface area contributed by atoms with Gasteiger partial charge in [-0.2, -0.15) is 0 Å². The Kier molecular flexibility index (Phi) is 8.00. The van der Waals surface area contributed by atoms with Crippen LogP contribution in [-0.2, 0) is 4.74 Å². The lowest BCUT2D eigenvalue weighted by Crippen LogP contribution is -2.38.